The van der Waals surface area contributed by atoms with Crippen molar-refractivity contribution in [1.29, 1.82) is 0 Å². The molecule has 112 valence electrons. The Labute approximate surface area is 115 Å². The molecule has 0 unspecified atom stereocenters. The Kier molecular flexibility index (Phi) is 4.84. The van der Waals surface area contributed by atoms with Gasteiger partial charge in [-0.05, 0) is 46.5 Å². The first-order valence-corrected chi connectivity index (χ1v) is 8.19. The summed E-state index contributed by atoms with van der Waals surface area (Å²) < 4.78 is 31.7. The fourth-order valence-corrected chi connectivity index (χ4v) is 2.34. The van der Waals surface area contributed by atoms with Gasteiger partial charge in [-0.25, -0.2) is 4.79 Å². The summed E-state index contributed by atoms with van der Waals surface area (Å²) in [5, 5.41) is 2.84. The number of nitrogens with one attached hydrogen (secondary N) is 1. The number of hydrogen-bond donors (Lipinski definition) is 1. The lowest BCUT2D eigenvalue weighted by Gasteiger charge is -2.42. The summed E-state index contributed by atoms with van der Waals surface area (Å²) in [5.41, 5.74) is -0.925. The summed E-state index contributed by atoms with van der Waals surface area (Å²) >= 11 is 0. The molecule has 1 N–H and O–H groups in total. The zero-order valence-electron chi connectivity index (χ0n) is 12.0. The Morgan fingerprint density at radius 1 is 1.32 bits per heavy atom. The van der Waals surface area contributed by atoms with Crippen molar-refractivity contribution in [3.8, 4) is 0 Å². The maximum atomic E-state index is 11.7. The minimum atomic E-state index is -3.43. The van der Waals surface area contributed by atoms with Crippen LogP contribution in [0.5, 0.6) is 0 Å². The van der Waals surface area contributed by atoms with Gasteiger partial charge in [0.25, 0.3) is 10.1 Å². The molecule has 0 aliphatic heterocycles. The van der Waals surface area contributed by atoms with Crippen LogP contribution in [0.2, 0.25) is 0 Å². The molecule has 0 heterocycles. The number of ether oxygens (including phenoxy) is 1. The van der Waals surface area contributed by atoms with Crippen LogP contribution < -0.4 is 5.32 Å². The SMILES string of the molecule is CC(C)(C)OC(=O)NC1(CCOS(C)(=O)=O)CCC1. The first-order valence-electron chi connectivity index (χ1n) is 6.37. The lowest BCUT2D eigenvalue weighted by Crippen LogP contribution is -2.55. The van der Waals surface area contributed by atoms with E-state index in [-0.39, 0.29) is 12.1 Å². The second-order valence-electron chi connectivity index (χ2n) is 6.04. The smallest absolute Gasteiger partial charge is 0.408 e. The zero-order chi connectivity index (χ0) is 14.7. The number of hydrogen-bond acceptors (Lipinski definition) is 5. The van der Waals surface area contributed by atoms with Gasteiger partial charge in [-0.1, -0.05) is 0 Å². The van der Waals surface area contributed by atoms with Gasteiger partial charge < -0.3 is 10.1 Å². The van der Waals surface area contributed by atoms with Gasteiger partial charge in [0, 0.05) is 5.54 Å². The lowest BCUT2D eigenvalue weighted by molar-refractivity contribution is 0.0353. The van der Waals surface area contributed by atoms with Crippen LogP contribution in [-0.2, 0) is 19.0 Å². The van der Waals surface area contributed by atoms with E-state index in [1.807, 2.05) is 0 Å². The van der Waals surface area contributed by atoms with Crippen LogP contribution in [0.25, 0.3) is 0 Å². The molecule has 6 nitrogen and oxygen atoms in total. The van der Waals surface area contributed by atoms with E-state index in [4.69, 9.17) is 8.92 Å². The predicted octanol–water partition coefficient (Wildman–Crippen LogP) is 1.80. The third-order valence-corrected chi connectivity index (χ3v) is 3.55. The molecule has 0 aromatic carbocycles. The molecule has 1 fully saturated rings. The van der Waals surface area contributed by atoms with Crippen molar-refractivity contribution < 1.29 is 22.1 Å². The van der Waals surface area contributed by atoms with Crippen molar-refractivity contribution in [1.82, 2.24) is 5.32 Å². The molecule has 0 aromatic heterocycles. The fraction of sp³-hybridized carbons (Fsp3) is 0.917. The average Bonchev–Trinajstić information content (AvgIpc) is 2.08. The molecule has 0 saturated heterocycles. The standard InChI is InChI=1S/C12H23NO5S/c1-11(2,3)18-10(14)13-12(6-5-7-12)8-9-17-19(4,15)16/h5-9H2,1-4H3,(H,13,14). The summed E-state index contributed by atoms with van der Waals surface area (Å²) in [5.74, 6) is 0. The average molecular weight is 293 g/mol. The minimum Gasteiger partial charge on any atom is -0.444 e. The summed E-state index contributed by atoms with van der Waals surface area (Å²) in [6.45, 7) is 5.47. The van der Waals surface area contributed by atoms with Crippen molar-refractivity contribution >= 4 is 16.2 Å². The highest BCUT2D eigenvalue weighted by Crippen LogP contribution is 2.35. The number of amides is 1. The number of carbonyl (C=O) groups excluding carboxylic acids is 1. The highest BCUT2D eigenvalue weighted by atomic mass is 32.2. The minimum absolute atomic E-state index is 0.0780. The molecule has 1 aliphatic carbocycles. The van der Waals surface area contributed by atoms with Crippen LogP contribution in [0.3, 0.4) is 0 Å². The third-order valence-electron chi connectivity index (χ3n) is 2.95. The normalized spacial score (nSPS) is 18.5. The van der Waals surface area contributed by atoms with Crippen molar-refractivity contribution in [2.45, 2.75) is 57.6 Å². The van der Waals surface area contributed by atoms with Gasteiger partial charge in [0.15, 0.2) is 0 Å². The Balaban J connectivity index is 2.45. The van der Waals surface area contributed by atoms with E-state index in [0.717, 1.165) is 25.5 Å². The topological polar surface area (TPSA) is 81.7 Å². The van der Waals surface area contributed by atoms with Gasteiger partial charge in [0.2, 0.25) is 0 Å². The van der Waals surface area contributed by atoms with E-state index in [1.165, 1.54) is 0 Å². The summed E-state index contributed by atoms with van der Waals surface area (Å²) in [6, 6.07) is 0. The number of rotatable bonds is 5. The van der Waals surface area contributed by atoms with Crippen LogP contribution >= 0.6 is 0 Å². The van der Waals surface area contributed by atoms with Crippen LogP contribution in [-0.4, -0.2) is 38.5 Å². The van der Waals surface area contributed by atoms with Crippen molar-refractivity contribution in [2.75, 3.05) is 12.9 Å². The van der Waals surface area contributed by atoms with Crippen LogP contribution in [0.4, 0.5) is 4.79 Å². The molecular formula is C12H23NO5S. The van der Waals surface area contributed by atoms with Crippen LogP contribution in [0, 0.1) is 0 Å². The van der Waals surface area contributed by atoms with Gasteiger partial charge in [0.1, 0.15) is 5.60 Å². The van der Waals surface area contributed by atoms with E-state index < -0.39 is 21.8 Å². The Morgan fingerprint density at radius 2 is 1.89 bits per heavy atom. The third kappa shape index (κ3) is 6.24. The first-order chi connectivity index (χ1) is 8.52. The quantitative estimate of drug-likeness (QED) is 0.782. The van der Waals surface area contributed by atoms with Gasteiger partial charge in [-0.2, -0.15) is 8.42 Å². The van der Waals surface area contributed by atoms with E-state index >= 15 is 0 Å². The number of alkyl carbamates (subject to hydrolysis) is 1. The Hall–Kier alpha value is -0.820. The van der Waals surface area contributed by atoms with E-state index in [2.05, 4.69) is 5.32 Å². The number of carbonyl (C=O) groups is 1. The van der Waals surface area contributed by atoms with Gasteiger partial charge in [-0.15, -0.1) is 0 Å². The summed E-state index contributed by atoms with van der Waals surface area (Å²) in [6.07, 6.45) is 3.67. The molecule has 19 heavy (non-hydrogen) atoms. The molecule has 1 amide bonds. The van der Waals surface area contributed by atoms with E-state index in [1.54, 1.807) is 20.8 Å². The first kappa shape index (κ1) is 16.2. The Morgan fingerprint density at radius 3 is 2.26 bits per heavy atom. The van der Waals surface area contributed by atoms with Crippen molar-refractivity contribution in [3.63, 3.8) is 0 Å². The maximum Gasteiger partial charge on any atom is 0.408 e. The molecule has 0 spiro atoms. The lowest BCUT2D eigenvalue weighted by atomic mass is 9.74. The molecule has 1 rings (SSSR count). The predicted molar refractivity (Wildman–Crippen MR) is 71.4 cm³/mol. The van der Waals surface area contributed by atoms with Gasteiger partial charge >= 0.3 is 6.09 Å². The van der Waals surface area contributed by atoms with E-state index in [0.29, 0.717) is 6.42 Å². The highest BCUT2D eigenvalue weighted by molar-refractivity contribution is 7.85. The second-order valence-corrected chi connectivity index (χ2v) is 7.68. The van der Waals surface area contributed by atoms with E-state index in [9.17, 15) is 13.2 Å². The summed E-state index contributed by atoms with van der Waals surface area (Å²) in [7, 11) is -3.43. The van der Waals surface area contributed by atoms with Crippen molar-refractivity contribution in [3.05, 3.63) is 0 Å². The fourth-order valence-electron chi connectivity index (χ4n) is 1.95. The largest absolute Gasteiger partial charge is 0.444 e. The molecule has 0 radical (unpaired) electrons. The monoisotopic (exact) mass is 293 g/mol. The molecule has 0 aromatic rings. The molecule has 0 atom stereocenters. The van der Waals surface area contributed by atoms with Crippen LogP contribution in [0.15, 0.2) is 0 Å². The molecule has 1 aliphatic rings. The summed E-state index contributed by atoms with van der Waals surface area (Å²) in [4.78, 5) is 11.7. The maximum absolute atomic E-state index is 11.7. The molecular weight excluding hydrogens is 270 g/mol. The highest BCUT2D eigenvalue weighted by Gasteiger charge is 2.39. The van der Waals surface area contributed by atoms with Crippen molar-refractivity contribution in [2.24, 2.45) is 0 Å². The zero-order valence-corrected chi connectivity index (χ0v) is 12.8. The second kappa shape index (κ2) is 5.66. The Bertz CT molecular complexity index is 420. The van der Waals surface area contributed by atoms with Crippen LogP contribution in [0.1, 0.15) is 46.5 Å². The van der Waals surface area contributed by atoms with Gasteiger partial charge in [0.05, 0.1) is 12.9 Å². The molecule has 0 bridgehead atoms. The van der Waals surface area contributed by atoms with Gasteiger partial charge in [-0.3, -0.25) is 4.18 Å². The molecule has 7 heteroatoms. The molecule has 1 saturated carbocycles.